The molecule has 4 nitrogen and oxygen atoms in total. The lowest BCUT2D eigenvalue weighted by Crippen LogP contribution is -2.45. The van der Waals surface area contributed by atoms with Gasteiger partial charge in [-0.15, -0.1) is 0 Å². The fraction of sp³-hybridized carbons (Fsp3) is 0.833. The van der Waals surface area contributed by atoms with Gasteiger partial charge in [-0.05, 0) is 19.8 Å². The summed E-state index contributed by atoms with van der Waals surface area (Å²) < 4.78 is 116. The zero-order valence-electron chi connectivity index (χ0n) is 12.5. The van der Waals surface area contributed by atoms with E-state index in [0.717, 1.165) is 0 Å². The maximum atomic E-state index is 12.1. The Morgan fingerprint density at radius 1 is 0.720 bits per heavy atom. The first-order valence-corrected chi connectivity index (χ1v) is 6.64. The summed E-state index contributed by atoms with van der Waals surface area (Å²) in [7, 11) is 0. The molecule has 0 fully saturated rings. The lowest BCUT2D eigenvalue weighted by molar-refractivity contribution is -0.313. The number of hydrogen-bond acceptors (Lipinski definition) is 4. The Balaban J connectivity index is 4.26. The molecule has 1 atom stereocenters. The molecule has 0 aromatic heterocycles. The smallest absolute Gasteiger partial charge is 0.434 e. The van der Waals surface area contributed by atoms with Gasteiger partial charge in [0.05, 0.1) is 0 Å². The minimum Gasteiger partial charge on any atom is -0.453 e. The van der Waals surface area contributed by atoms with Gasteiger partial charge in [0.15, 0.2) is 6.10 Å². The first-order valence-electron chi connectivity index (χ1n) is 6.64. The van der Waals surface area contributed by atoms with E-state index in [1.54, 1.807) is 0 Å². The molecule has 13 heteroatoms. The van der Waals surface area contributed by atoms with Crippen LogP contribution in [0, 0.1) is 0 Å². The molecule has 148 valence electrons. The van der Waals surface area contributed by atoms with Gasteiger partial charge in [0.1, 0.15) is 0 Å². The topological polar surface area (TPSA) is 52.6 Å². The summed E-state index contributed by atoms with van der Waals surface area (Å²) in [6.45, 7) is 0.573. The number of carbonyl (C=O) groups is 2. The lowest BCUT2D eigenvalue weighted by atomic mass is 10.2. The highest BCUT2D eigenvalue weighted by molar-refractivity contribution is 5.71. The summed E-state index contributed by atoms with van der Waals surface area (Å²) in [5, 5.41) is 0. The van der Waals surface area contributed by atoms with E-state index in [0.29, 0.717) is 6.92 Å². The number of halogens is 9. The van der Waals surface area contributed by atoms with Gasteiger partial charge in [0, 0.05) is 12.8 Å². The van der Waals surface area contributed by atoms with Crippen molar-refractivity contribution in [2.45, 2.75) is 63.3 Å². The molecule has 0 aromatic carbocycles. The summed E-state index contributed by atoms with van der Waals surface area (Å²) in [5.74, 6) is -3.08. The molecule has 0 aliphatic rings. The second-order valence-corrected chi connectivity index (χ2v) is 4.83. The number of rotatable bonds is 7. The summed E-state index contributed by atoms with van der Waals surface area (Å²) in [4.78, 5) is 22.1. The van der Waals surface area contributed by atoms with Crippen LogP contribution in [0.3, 0.4) is 0 Å². The molecule has 0 radical (unpaired) electrons. The van der Waals surface area contributed by atoms with Crippen molar-refractivity contribution >= 4 is 11.9 Å². The van der Waals surface area contributed by atoms with Crippen LogP contribution in [0.4, 0.5) is 39.5 Å². The van der Waals surface area contributed by atoms with Crippen molar-refractivity contribution in [2.75, 3.05) is 0 Å². The average Bonchev–Trinajstić information content (AvgIpc) is 2.37. The Bertz CT molecular complexity index is 439. The number of carbonyl (C=O) groups excluding carboxylic acids is 2. The van der Waals surface area contributed by atoms with Crippen LogP contribution in [-0.4, -0.2) is 42.7 Å². The van der Waals surface area contributed by atoms with E-state index in [4.69, 9.17) is 0 Å². The fourth-order valence-corrected chi connectivity index (χ4v) is 1.37. The highest BCUT2D eigenvalue weighted by Crippen LogP contribution is 2.36. The minimum absolute atomic E-state index is 0.290. The second kappa shape index (κ2) is 8.61. The van der Waals surface area contributed by atoms with Crippen molar-refractivity contribution in [1.82, 2.24) is 0 Å². The SMILES string of the molecule is CC(OC(=O)CCCCC(=O)OC(C(F)(F)F)C(F)(F)F)C(F)(F)F. The molecule has 0 N–H and O–H groups in total. The predicted molar refractivity (Wildman–Crippen MR) is 62.1 cm³/mol. The van der Waals surface area contributed by atoms with E-state index in [9.17, 15) is 49.1 Å². The van der Waals surface area contributed by atoms with Gasteiger partial charge < -0.3 is 9.47 Å². The molecule has 0 rings (SSSR count). The highest BCUT2D eigenvalue weighted by atomic mass is 19.4. The molecule has 0 aliphatic carbocycles. The first-order chi connectivity index (χ1) is 11.0. The lowest BCUT2D eigenvalue weighted by Gasteiger charge is -2.22. The molecule has 0 heterocycles. The number of esters is 2. The quantitative estimate of drug-likeness (QED) is 0.372. The van der Waals surface area contributed by atoms with Crippen LogP contribution in [0.15, 0.2) is 0 Å². The normalized spacial score (nSPS) is 14.4. The Labute approximate surface area is 135 Å². The molecule has 0 saturated heterocycles. The molecule has 0 bridgehead atoms. The van der Waals surface area contributed by atoms with E-state index < -0.39 is 55.5 Å². The molecule has 0 saturated carbocycles. The van der Waals surface area contributed by atoms with Gasteiger partial charge in [-0.1, -0.05) is 0 Å². The molecular formula is C12H13F9O4. The van der Waals surface area contributed by atoms with E-state index in [1.165, 1.54) is 0 Å². The summed E-state index contributed by atoms with van der Waals surface area (Å²) in [5.41, 5.74) is 0. The minimum atomic E-state index is -5.84. The van der Waals surface area contributed by atoms with Crippen LogP contribution in [-0.2, 0) is 19.1 Å². The van der Waals surface area contributed by atoms with Crippen LogP contribution in [0.2, 0.25) is 0 Å². The third-order valence-electron chi connectivity index (χ3n) is 2.62. The number of hydrogen-bond donors (Lipinski definition) is 0. The Morgan fingerprint density at radius 2 is 1.08 bits per heavy atom. The molecule has 25 heavy (non-hydrogen) atoms. The van der Waals surface area contributed by atoms with Crippen molar-refractivity contribution in [1.29, 1.82) is 0 Å². The molecule has 1 unspecified atom stereocenters. The monoisotopic (exact) mass is 392 g/mol. The zero-order valence-corrected chi connectivity index (χ0v) is 12.5. The summed E-state index contributed by atoms with van der Waals surface area (Å²) >= 11 is 0. The van der Waals surface area contributed by atoms with E-state index in [-0.39, 0.29) is 12.8 Å². The number of alkyl halides is 9. The molecule has 0 spiro atoms. The standard InChI is InChI=1S/C12H13F9O4/c1-6(10(13,14)15)24-7(22)4-2-3-5-8(23)25-9(11(16,17)18)12(19,20)21/h6,9H,2-5H2,1H3. The van der Waals surface area contributed by atoms with Crippen LogP contribution in [0.25, 0.3) is 0 Å². The Morgan fingerprint density at radius 3 is 1.40 bits per heavy atom. The molecule has 0 amide bonds. The van der Waals surface area contributed by atoms with Crippen LogP contribution in [0.5, 0.6) is 0 Å². The Kier molecular flexibility index (Phi) is 8.02. The van der Waals surface area contributed by atoms with Crippen LogP contribution >= 0.6 is 0 Å². The van der Waals surface area contributed by atoms with Crippen molar-refractivity contribution in [3.8, 4) is 0 Å². The fourth-order valence-electron chi connectivity index (χ4n) is 1.37. The number of ether oxygens (including phenoxy) is 2. The van der Waals surface area contributed by atoms with E-state index in [2.05, 4.69) is 9.47 Å². The molecular weight excluding hydrogens is 379 g/mol. The van der Waals surface area contributed by atoms with Crippen LogP contribution in [0.1, 0.15) is 32.6 Å². The maximum absolute atomic E-state index is 12.1. The van der Waals surface area contributed by atoms with Gasteiger partial charge >= 0.3 is 30.5 Å². The number of unbranched alkanes of at least 4 members (excludes halogenated alkanes) is 1. The average molecular weight is 392 g/mol. The van der Waals surface area contributed by atoms with E-state index in [1.807, 2.05) is 0 Å². The largest absolute Gasteiger partial charge is 0.453 e. The predicted octanol–water partition coefficient (Wildman–Crippen LogP) is 4.08. The van der Waals surface area contributed by atoms with Gasteiger partial charge in [0.2, 0.25) is 0 Å². The molecule has 0 aliphatic heterocycles. The first kappa shape index (κ1) is 23.3. The maximum Gasteiger partial charge on any atom is 0.434 e. The van der Waals surface area contributed by atoms with Gasteiger partial charge in [-0.2, -0.15) is 39.5 Å². The van der Waals surface area contributed by atoms with Gasteiger partial charge in [-0.3, -0.25) is 9.59 Å². The van der Waals surface area contributed by atoms with Gasteiger partial charge in [0.25, 0.3) is 6.10 Å². The molecule has 0 aromatic rings. The Hall–Kier alpha value is -1.69. The second-order valence-electron chi connectivity index (χ2n) is 4.83. The summed E-state index contributed by atoms with van der Waals surface area (Å²) in [6, 6.07) is 0. The zero-order chi connectivity index (χ0) is 20.1. The summed E-state index contributed by atoms with van der Waals surface area (Å²) in [6.07, 6.45) is -25.3. The third kappa shape index (κ3) is 9.39. The van der Waals surface area contributed by atoms with Gasteiger partial charge in [-0.25, -0.2) is 0 Å². The van der Waals surface area contributed by atoms with Crippen LogP contribution < -0.4 is 0 Å². The highest BCUT2D eigenvalue weighted by Gasteiger charge is 2.59. The van der Waals surface area contributed by atoms with Crippen molar-refractivity contribution in [3.05, 3.63) is 0 Å². The third-order valence-corrected chi connectivity index (χ3v) is 2.62. The van der Waals surface area contributed by atoms with E-state index >= 15 is 0 Å². The van der Waals surface area contributed by atoms with Crippen molar-refractivity contribution in [2.24, 2.45) is 0 Å². The van der Waals surface area contributed by atoms with Crippen molar-refractivity contribution < 1.29 is 58.6 Å². The van der Waals surface area contributed by atoms with Crippen molar-refractivity contribution in [3.63, 3.8) is 0 Å².